The van der Waals surface area contributed by atoms with Gasteiger partial charge in [-0.15, -0.1) is 0 Å². The first-order valence-corrected chi connectivity index (χ1v) is 5.85. The molecule has 6 nitrogen and oxygen atoms in total. The van der Waals surface area contributed by atoms with Crippen LogP contribution in [0.4, 0.5) is 5.69 Å². The maximum Gasteiger partial charge on any atom is 0.305 e. The second-order valence-corrected chi connectivity index (χ2v) is 4.31. The van der Waals surface area contributed by atoms with Crippen molar-refractivity contribution in [3.8, 4) is 0 Å². The number of methoxy groups -OCH3 is 1. The van der Waals surface area contributed by atoms with Gasteiger partial charge in [0, 0.05) is 34.6 Å². The Morgan fingerprint density at radius 3 is 2.84 bits per heavy atom. The predicted molar refractivity (Wildman–Crippen MR) is 70.0 cm³/mol. The second kappa shape index (κ2) is 5.09. The maximum atomic E-state index is 11.2. The van der Waals surface area contributed by atoms with E-state index in [0.29, 0.717) is 5.56 Å². The van der Waals surface area contributed by atoms with Crippen molar-refractivity contribution in [2.24, 2.45) is 0 Å². The van der Waals surface area contributed by atoms with Crippen LogP contribution in [0.2, 0.25) is 0 Å². The Balaban J connectivity index is 2.49. The van der Waals surface area contributed by atoms with E-state index >= 15 is 0 Å². The molecule has 6 heteroatoms. The number of hydrogen-bond donors (Lipinski definition) is 1. The number of nitrogens with zero attached hydrogens (tertiary/aromatic N) is 1. The Hall–Kier alpha value is -2.37. The maximum absolute atomic E-state index is 11.2. The van der Waals surface area contributed by atoms with Crippen LogP contribution in [0, 0.1) is 17.0 Å². The van der Waals surface area contributed by atoms with Gasteiger partial charge < -0.3 is 9.72 Å². The molecule has 1 aromatic heterocycles. The third kappa shape index (κ3) is 2.57. The monoisotopic (exact) mass is 262 g/mol. The van der Waals surface area contributed by atoms with E-state index in [9.17, 15) is 14.9 Å². The van der Waals surface area contributed by atoms with Crippen LogP contribution < -0.4 is 0 Å². The molecule has 0 saturated carbocycles. The van der Waals surface area contributed by atoms with Crippen LogP contribution in [0.5, 0.6) is 0 Å². The molecule has 0 aliphatic rings. The van der Waals surface area contributed by atoms with Gasteiger partial charge in [0.2, 0.25) is 0 Å². The smallest absolute Gasteiger partial charge is 0.305 e. The van der Waals surface area contributed by atoms with Crippen LogP contribution in [-0.4, -0.2) is 23.0 Å². The molecular weight excluding hydrogens is 248 g/mol. The number of carbonyl (C=O) groups is 1. The number of esters is 1. The fourth-order valence-electron chi connectivity index (χ4n) is 2.15. The highest BCUT2D eigenvalue weighted by molar-refractivity contribution is 5.87. The molecule has 2 rings (SSSR count). The van der Waals surface area contributed by atoms with Crippen molar-refractivity contribution in [2.45, 2.75) is 19.8 Å². The van der Waals surface area contributed by atoms with Gasteiger partial charge in [-0.25, -0.2) is 0 Å². The Morgan fingerprint density at radius 1 is 1.47 bits per heavy atom. The number of ether oxygens (including phenoxy) is 1. The first-order chi connectivity index (χ1) is 9.02. The largest absolute Gasteiger partial charge is 0.469 e. The van der Waals surface area contributed by atoms with Crippen molar-refractivity contribution >= 4 is 22.6 Å². The van der Waals surface area contributed by atoms with E-state index in [1.165, 1.54) is 13.2 Å². The molecule has 1 heterocycles. The molecule has 2 aromatic rings. The minimum atomic E-state index is -0.422. The zero-order valence-electron chi connectivity index (χ0n) is 10.7. The number of fused-ring (bicyclic) bond motifs is 1. The summed E-state index contributed by atoms with van der Waals surface area (Å²) in [6, 6.07) is 5.00. The molecule has 0 unspecified atom stereocenters. The van der Waals surface area contributed by atoms with Gasteiger partial charge >= 0.3 is 5.97 Å². The highest BCUT2D eigenvalue weighted by Crippen LogP contribution is 2.29. The third-order valence-corrected chi connectivity index (χ3v) is 3.03. The Kier molecular flexibility index (Phi) is 3.50. The zero-order chi connectivity index (χ0) is 14.0. The Bertz CT molecular complexity index is 645. The molecule has 0 saturated heterocycles. The molecule has 0 atom stereocenters. The number of nitro groups is 1. The van der Waals surface area contributed by atoms with Gasteiger partial charge in [0.1, 0.15) is 0 Å². The molecule has 19 heavy (non-hydrogen) atoms. The van der Waals surface area contributed by atoms with Gasteiger partial charge in [-0.1, -0.05) is 0 Å². The summed E-state index contributed by atoms with van der Waals surface area (Å²) < 4.78 is 4.57. The van der Waals surface area contributed by atoms with Crippen LogP contribution in [0.25, 0.3) is 10.9 Å². The molecule has 0 radical (unpaired) electrons. The molecule has 1 aromatic carbocycles. The van der Waals surface area contributed by atoms with E-state index in [0.717, 1.165) is 16.6 Å². The van der Waals surface area contributed by atoms with Crippen molar-refractivity contribution in [3.63, 3.8) is 0 Å². The van der Waals surface area contributed by atoms with Gasteiger partial charge in [0.25, 0.3) is 5.69 Å². The zero-order valence-corrected chi connectivity index (χ0v) is 10.7. The lowest BCUT2D eigenvalue weighted by molar-refractivity contribution is -0.385. The number of nitro benzene ring substituents is 1. The lowest BCUT2D eigenvalue weighted by Gasteiger charge is -2.04. The van der Waals surface area contributed by atoms with E-state index in [-0.39, 0.29) is 24.5 Å². The number of aromatic amines is 1. The number of benzene rings is 1. The number of hydrogen-bond acceptors (Lipinski definition) is 4. The van der Waals surface area contributed by atoms with Crippen LogP contribution in [0.3, 0.4) is 0 Å². The fraction of sp³-hybridized carbons (Fsp3) is 0.308. The minimum absolute atomic E-state index is 0.0374. The summed E-state index contributed by atoms with van der Waals surface area (Å²) in [6.07, 6.45) is 0.415. The van der Waals surface area contributed by atoms with Crippen LogP contribution in [0.1, 0.15) is 17.7 Å². The van der Waals surface area contributed by atoms with E-state index in [2.05, 4.69) is 9.72 Å². The second-order valence-electron chi connectivity index (χ2n) is 4.31. The highest BCUT2D eigenvalue weighted by atomic mass is 16.6. The number of aryl methyl sites for hydroxylation is 2. The van der Waals surface area contributed by atoms with E-state index in [4.69, 9.17) is 0 Å². The summed E-state index contributed by atoms with van der Waals surface area (Å²) in [5, 5.41) is 11.9. The topological polar surface area (TPSA) is 85.2 Å². The van der Waals surface area contributed by atoms with Crippen molar-refractivity contribution in [2.75, 3.05) is 7.11 Å². The molecule has 1 N–H and O–H groups in total. The number of rotatable bonds is 4. The van der Waals surface area contributed by atoms with Crippen LogP contribution in [0.15, 0.2) is 18.2 Å². The normalized spacial score (nSPS) is 10.6. The van der Waals surface area contributed by atoms with Gasteiger partial charge in [0.15, 0.2) is 0 Å². The van der Waals surface area contributed by atoms with Gasteiger partial charge in [0.05, 0.1) is 12.0 Å². The summed E-state index contributed by atoms with van der Waals surface area (Å²) in [6.45, 7) is 1.88. The van der Waals surface area contributed by atoms with E-state index < -0.39 is 4.92 Å². The predicted octanol–water partition coefficient (Wildman–Crippen LogP) is 2.49. The van der Waals surface area contributed by atoms with Crippen molar-refractivity contribution < 1.29 is 14.5 Å². The number of aromatic nitrogens is 1. The first kappa shape index (κ1) is 13.1. The van der Waals surface area contributed by atoms with Crippen LogP contribution in [-0.2, 0) is 16.0 Å². The SMILES string of the molecule is COC(=O)CCc1c([N+](=O)[O-])ccc2[nH]c(C)cc12. The summed E-state index contributed by atoms with van der Waals surface area (Å²) in [4.78, 5) is 25.0. The van der Waals surface area contributed by atoms with E-state index in [1.807, 2.05) is 13.0 Å². The molecule has 0 bridgehead atoms. The van der Waals surface area contributed by atoms with E-state index in [1.54, 1.807) is 6.07 Å². The lowest BCUT2D eigenvalue weighted by atomic mass is 10.0. The van der Waals surface area contributed by atoms with Gasteiger partial charge in [-0.3, -0.25) is 14.9 Å². The van der Waals surface area contributed by atoms with Gasteiger partial charge in [-0.2, -0.15) is 0 Å². The van der Waals surface area contributed by atoms with Crippen molar-refractivity contribution in [3.05, 3.63) is 39.6 Å². The third-order valence-electron chi connectivity index (χ3n) is 3.03. The molecule has 0 aliphatic heterocycles. The molecule has 0 amide bonds. The molecule has 100 valence electrons. The number of H-pyrrole nitrogens is 1. The minimum Gasteiger partial charge on any atom is -0.469 e. The molecule has 0 spiro atoms. The first-order valence-electron chi connectivity index (χ1n) is 5.85. The standard InChI is InChI=1S/C13H14N2O4/c1-8-7-10-9(3-6-13(16)19-2)12(15(17)18)5-4-11(10)14-8/h4-5,7,14H,3,6H2,1-2H3. The quantitative estimate of drug-likeness (QED) is 0.521. The summed E-state index contributed by atoms with van der Waals surface area (Å²) in [5.41, 5.74) is 2.37. The van der Waals surface area contributed by atoms with Crippen molar-refractivity contribution in [1.82, 2.24) is 4.98 Å². The average Bonchev–Trinajstić information content (AvgIpc) is 2.75. The number of nitrogens with one attached hydrogen (secondary N) is 1. The molecule has 0 aliphatic carbocycles. The Labute approximate surface area is 109 Å². The lowest BCUT2D eigenvalue weighted by Crippen LogP contribution is -2.04. The van der Waals surface area contributed by atoms with Crippen molar-refractivity contribution in [1.29, 1.82) is 0 Å². The summed E-state index contributed by atoms with van der Waals surface area (Å²) in [7, 11) is 1.30. The molecular formula is C13H14N2O4. The van der Waals surface area contributed by atoms with Gasteiger partial charge in [-0.05, 0) is 25.5 Å². The van der Waals surface area contributed by atoms with Crippen LogP contribution >= 0.6 is 0 Å². The fourth-order valence-corrected chi connectivity index (χ4v) is 2.15. The Morgan fingerprint density at radius 2 is 2.21 bits per heavy atom. The molecule has 0 fully saturated rings. The summed E-state index contributed by atoms with van der Waals surface area (Å²) in [5.74, 6) is -0.376. The highest BCUT2D eigenvalue weighted by Gasteiger charge is 2.18. The number of carbonyl (C=O) groups excluding carboxylic acids is 1. The average molecular weight is 262 g/mol. The summed E-state index contributed by atoms with van der Waals surface area (Å²) >= 11 is 0.